The minimum absolute atomic E-state index is 0.0680. The summed E-state index contributed by atoms with van der Waals surface area (Å²) in [5.74, 6) is 0.0607. The molecular weight excluding hydrogens is 262 g/mol. The molecule has 0 saturated carbocycles. The summed E-state index contributed by atoms with van der Waals surface area (Å²) in [6, 6.07) is 4.09. The summed E-state index contributed by atoms with van der Waals surface area (Å²) in [6.07, 6.45) is 0.823. The van der Waals surface area contributed by atoms with E-state index < -0.39 is 11.0 Å². The number of carbonyl (C=O) groups is 1. The molecule has 0 radical (unpaired) electrons. The molecule has 1 aromatic rings. The van der Waals surface area contributed by atoms with Crippen LogP contribution in [0.25, 0.3) is 0 Å². The highest BCUT2D eigenvalue weighted by Crippen LogP contribution is 2.24. The van der Waals surface area contributed by atoms with Gasteiger partial charge in [-0.3, -0.25) is 14.9 Å². The Morgan fingerprint density at radius 2 is 2.35 bits per heavy atom. The number of nitro groups is 1. The number of rotatable bonds is 7. The molecule has 7 nitrogen and oxygen atoms in total. The number of carbonyl (C=O) groups excluding carboxylic acids is 1. The highest BCUT2D eigenvalue weighted by molar-refractivity contribution is 5.80. The van der Waals surface area contributed by atoms with Gasteiger partial charge in [0, 0.05) is 30.8 Å². The third-order valence-electron chi connectivity index (χ3n) is 2.57. The number of nitro benzene ring substituents is 1. The van der Waals surface area contributed by atoms with Crippen LogP contribution in [0.15, 0.2) is 30.9 Å². The van der Waals surface area contributed by atoms with Crippen molar-refractivity contribution in [2.45, 2.75) is 19.6 Å². The van der Waals surface area contributed by atoms with E-state index in [1.165, 1.54) is 18.2 Å². The monoisotopic (exact) mass is 279 g/mol. The second-order valence-corrected chi connectivity index (χ2v) is 4.05. The van der Waals surface area contributed by atoms with Crippen molar-refractivity contribution >= 4 is 11.6 Å². The molecule has 1 rings (SSSR count). The van der Waals surface area contributed by atoms with Crippen LogP contribution >= 0.6 is 0 Å². The average Bonchev–Trinajstić information content (AvgIpc) is 2.44. The van der Waals surface area contributed by atoms with E-state index in [-0.39, 0.29) is 18.1 Å². The van der Waals surface area contributed by atoms with Gasteiger partial charge in [-0.15, -0.1) is 6.58 Å². The number of amides is 1. The second kappa shape index (κ2) is 7.25. The van der Waals surface area contributed by atoms with E-state index in [0.29, 0.717) is 17.9 Å². The van der Waals surface area contributed by atoms with Gasteiger partial charge >= 0.3 is 0 Å². The Hall–Kier alpha value is -2.41. The van der Waals surface area contributed by atoms with Crippen molar-refractivity contribution in [1.82, 2.24) is 5.32 Å². The fourth-order valence-electron chi connectivity index (χ4n) is 1.51. The molecule has 0 aliphatic carbocycles. The number of ether oxygens (including phenoxy) is 1. The Balaban J connectivity index is 2.83. The summed E-state index contributed by atoms with van der Waals surface area (Å²) in [4.78, 5) is 21.8. The van der Waals surface area contributed by atoms with Gasteiger partial charge in [0.2, 0.25) is 0 Å². The molecule has 0 aromatic heterocycles. The van der Waals surface area contributed by atoms with Crippen LogP contribution in [0.5, 0.6) is 5.75 Å². The first-order valence-electron chi connectivity index (χ1n) is 6.02. The number of hydrogen-bond donors (Lipinski definition) is 2. The van der Waals surface area contributed by atoms with Crippen LogP contribution in [-0.4, -0.2) is 23.5 Å². The minimum atomic E-state index is -0.735. The Bertz CT molecular complexity index is 516. The first-order valence-corrected chi connectivity index (χ1v) is 6.02. The lowest BCUT2D eigenvalue weighted by atomic mass is 10.1. The molecule has 3 N–H and O–H groups in total. The highest BCUT2D eigenvalue weighted by Gasteiger charge is 2.17. The predicted octanol–water partition coefficient (Wildman–Crippen LogP) is 1.12. The lowest BCUT2D eigenvalue weighted by molar-refractivity contribution is -0.384. The molecule has 1 atom stereocenters. The van der Waals surface area contributed by atoms with Crippen LogP contribution in [0, 0.1) is 10.1 Å². The quantitative estimate of drug-likeness (QED) is 0.442. The van der Waals surface area contributed by atoms with Gasteiger partial charge in [-0.05, 0) is 13.0 Å². The first kappa shape index (κ1) is 15.6. The van der Waals surface area contributed by atoms with E-state index >= 15 is 0 Å². The van der Waals surface area contributed by atoms with Crippen molar-refractivity contribution in [2.24, 2.45) is 5.73 Å². The van der Waals surface area contributed by atoms with Crippen LogP contribution in [-0.2, 0) is 11.3 Å². The van der Waals surface area contributed by atoms with E-state index in [4.69, 9.17) is 10.5 Å². The van der Waals surface area contributed by atoms with E-state index in [1.54, 1.807) is 13.0 Å². The Kier molecular flexibility index (Phi) is 5.67. The SMILES string of the molecule is C=CCNC(=O)C(C)Oc1ccc([N+](=O)[O-])cc1CN. The fourth-order valence-corrected chi connectivity index (χ4v) is 1.51. The maximum Gasteiger partial charge on any atom is 0.270 e. The second-order valence-electron chi connectivity index (χ2n) is 4.05. The standard InChI is InChI=1S/C13H17N3O4/c1-3-6-15-13(17)9(2)20-12-5-4-11(16(18)19)7-10(12)8-14/h3-5,7,9H,1,6,8,14H2,2H3,(H,15,17). The van der Waals surface area contributed by atoms with E-state index in [2.05, 4.69) is 11.9 Å². The maximum atomic E-state index is 11.7. The highest BCUT2D eigenvalue weighted by atomic mass is 16.6. The van der Waals surface area contributed by atoms with Crippen molar-refractivity contribution < 1.29 is 14.5 Å². The van der Waals surface area contributed by atoms with Crippen LogP contribution in [0.2, 0.25) is 0 Å². The zero-order valence-electron chi connectivity index (χ0n) is 11.2. The van der Waals surface area contributed by atoms with Crippen molar-refractivity contribution in [3.63, 3.8) is 0 Å². The fraction of sp³-hybridized carbons (Fsp3) is 0.308. The predicted molar refractivity (Wildman–Crippen MR) is 74.3 cm³/mol. The normalized spacial score (nSPS) is 11.5. The lowest BCUT2D eigenvalue weighted by Gasteiger charge is -2.16. The molecule has 0 spiro atoms. The summed E-state index contributed by atoms with van der Waals surface area (Å²) in [5.41, 5.74) is 5.94. The summed E-state index contributed by atoms with van der Waals surface area (Å²) >= 11 is 0. The van der Waals surface area contributed by atoms with Crippen molar-refractivity contribution in [3.8, 4) is 5.75 Å². The number of nitrogens with two attached hydrogens (primary N) is 1. The van der Waals surface area contributed by atoms with Gasteiger partial charge in [0.05, 0.1) is 4.92 Å². The number of non-ortho nitro benzene ring substituents is 1. The van der Waals surface area contributed by atoms with Crippen molar-refractivity contribution in [1.29, 1.82) is 0 Å². The van der Waals surface area contributed by atoms with Crippen LogP contribution in [0.1, 0.15) is 12.5 Å². The molecule has 0 heterocycles. The Labute approximate surface area is 116 Å². The number of hydrogen-bond acceptors (Lipinski definition) is 5. The van der Waals surface area contributed by atoms with Gasteiger partial charge in [-0.2, -0.15) is 0 Å². The third-order valence-corrected chi connectivity index (χ3v) is 2.57. The summed E-state index contributed by atoms with van der Waals surface area (Å²) in [7, 11) is 0. The zero-order chi connectivity index (χ0) is 15.1. The summed E-state index contributed by atoms with van der Waals surface area (Å²) < 4.78 is 5.48. The van der Waals surface area contributed by atoms with Gasteiger partial charge in [0.25, 0.3) is 11.6 Å². The van der Waals surface area contributed by atoms with E-state index in [0.717, 1.165) is 0 Å². The van der Waals surface area contributed by atoms with Crippen LogP contribution < -0.4 is 15.8 Å². The summed E-state index contributed by atoms with van der Waals surface area (Å²) in [6.45, 7) is 5.50. The van der Waals surface area contributed by atoms with Gasteiger partial charge in [0.1, 0.15) is 5.75 Å². The van der Waals surface area contributed by atoms with Gasteiger partial charge < -0.3 is 15.8 Å². The molecule has 1 amide bonds. The van der Waals surface area contributed by atoms with Crippen LogP contribution in [0.3, 0.4) is 0 Å². The summed E-state index contributed by atoms with van der Waals surface area (Å²) in [5, 5.41) is 13.3. The van der Waals surface area contributed by atoms with Crippen molar-refractivity contribution in [2.75, 3.05) is 6.54 Å². The molecule has 0 bridgehead atoms. The largest absolute Gasteiger partial charge is 0.481 e. The van der Waals surface area contributed by atoms with Crippen molar-refractivity contribution in [3.05, 3.63) is 46.5 Å². The molecule has 1 unspecified atom stereocenters. The third kappa shape index (κ3) is 4.06. The first-order chi connectivity index (χ1) is 9.49. The molecule has 0 aliphatic rings. The number of benzene rings is 1. The maximum absolute atomic E-state index is 11.7. The topological polar surface area (TPSA) is 107 Å². The molecule has 108 valence electrons. The molecule has 7 heteroatoms. The average molecular weight is 279 g/mol. The smallest absolute Gasteiger partial charge is 0.270 e. The van der Waals surface area contributed by atoms with Crippen LogP contribution in [0.4, 0.5) is 5.69 Å². The van der Waals surface area contributed by atoms with Gasteiger partial charge in [-0.1, -0.05) is 6.08 Å². The Morgan fingerprint density at radius 1 is 1.65 bits per heavy atom. The zero-order valence-corrected chi connectivity index (χ0v) is 11.2. The molecule has 0 aliphatic heterocycles. The number of nitrogens with zero attached hydrogens (tertiary/aromatic N) is 1. The lowest BCUT2D eigenvalue weighted by Crippen LogP contribution is -2.36. The molecule has 1 aromatic carbocycles. The van der Waals surface area contributed by atoms with E-state index in [9.17, 15) is 14.9 Å². The van der Waals surface area contributed by atoms with Gasteiger partial charge in [0.15, 0.2) is 6.10 Å². The number of nitrogens with one attached hydrogen (secondary N) is 1. The molecule has 0 saturated heterocycles. The molecular formula is C13H17N3O4. The van der Waals surface area contributed by atoms with E-state index in [1.807, 2.05) is 0 Å². The Morgan fingerprint density at radius 3 is 2.90 bits per heavy atom. The molecule has 0 fully saturated rings. The van der Waals surface area contributed by atoms with Gasteiger partial charge in [-0.25, -0.2) is 0 Å². The minimum Gasteiger partial charge on any atom is -0.481 e. The molecule has 20 heavy (non-hydrogen) atoms.